The van der Waals surface area contributed by atoms with Gasteiger partial charge in [-0.1, -0.05) is 41.4 Å². The molecular weight excluding hydrogens is 319 g/mol. The normalized spacial score (nSPS) is 12.5. The van der Waals surface area contributed by atoms with Crippen LogP contribution in [0.25, 0.3) is 0 Å². The maximum absolute atomic E-state index is 12.5. The number of hydrogen-bond acceptors (Lipinski definition) is 2. The Morgan fingerprint density at radius 2 is 1.76 bits per heavy atom. The first kappa shape index (κ1) is 16.0. The number of rotatable bonds is 5. The molecule has 2 aromatic rings. The van der Waals surface area contributed by atoms with E-state index in [9.17, 15) is 8.78 Å². The van der Waals surface area contributed by atoms with Gasteiger partial charge >= 0.3 is 6.61 Å². The second kappa shape index (κ2) is 7.07. The van der Waals surface area contributed by atoms with Crippen LogP contribution in [0.1, 0.15) is 17.2 Å². The SMILES string of the molecule is CNC(c1cc(Cl)ccc1Cl)c1ccccc1OC(F)F. The molecule has 0 spiro atoms. The third-order valence-electron chi connectivity index (χ3n) is 3.00. The summed E-state index contributed by atoms with van der Waals surface area (Å²) in [6.07, 6.45) is 0. The van der Waals surface area contributed by atoms with Gasteiger partial charge in [-0.15, -0.1) is 0 Å². The third kappa shape index (κ3) is 3.84. The number of ether oxygens (including phenoxy) is 1. The third-order valence-corrected chi connectivity index (χ3v) is 3.58. The molecule has 0 bridgehead atoms. The molecule has 112 valence electrons. The molecule has 1 atom stereocenters. The van der Waals surface area contributed by atoms with Gasteiger partial charge in [0.05, 0.1) is 6.04 Å². The topological polar surface area (TPSA) is 21.3 Å². The molecule has 2 nitrogen and oxygen atoms in total. The van der Waals surface area contributed by atoms with Gasteiger partial charge in [-0.05, 0) is 36.9 Å². The summed E-state index contributed by atoms with van der Waals surface area (Å²) in [7, 11) is 1.71. The summed E-state index contributed by atoms with van der Waals surface area (Å²) < 4.78 is 29.6. The van der Waals surface area contributed by atoms with E-state index in [0.29, 0.717) is 21.2 Å². The lowest BCUT2D eigenvalue weighted by atomic mass is 9.98. The van der Waals surface area contributed by atoms with Gasteiger partial charge in [-0.2, -0.15) is 8.78 Å². The second-order valence-corrected chi connectivity index (χ2v) is 5.15. The zero-order valence-electron chi connectivity index (χ0n) is 11.1. The van der Waals surface area contributed by atoms with Gasteiger partial charge in [0.25, 0.3) is 0 Å². The van der Waals surface area contributed by atoms with E-state index in [1.54, 1.807) is 43.4 Å². The first-order chi connectivity index (χ1) is 10.0. The fraction of sp³-hybridized carbons (Fsp3) is 0.200. The minimum atomic E-state index is -2.89. The van der Waals surface area contributed by atoms with Gasteiger partial charge < -0.3 is 10.1 Å². The number of nitrogens with one attached hydrogen (secondary N) is 1. The predicted molar refractivity (Wildman–Crippen MR) is 80.4 cm³/mol. The van der Waals surface area contributed by atoms with Gasteiger partial charge in [0.15, 0.2) is 0 Å². The number of alkyl halides is 2. The van der Waals surface area contributed by atoms with Crippen LogP contribution in [-0.4, -0.2) is 13.7 Å². The summed E-state index contributed by atoms with van der Waals surface area (Å²) in [6, 6.07) is 11.2. The van der Waals surface area contributed by atoms with E-state index in [4.69, 9.17) is 23.2 Å². The Labute approximate surface area is 131 Å². The Morgan fingerprint density at radius 3 is 2.43 bits per heavy atom. The fourth-order valence-corrected chi connectivity index (χ4v) is 2.54. The van der Waals surface area contributed by atoms with Gasteiger partial charge in [0, 0.05) is 15.6 Å². The highest BCUT2D eigenvalue weighted by atomic mass is 35.5. The second-order valence-electron chi connectivity index (χ2n) is 4.30. The van der Waals surface area contributed by atoms with Crippen molar-refractivity contribution in [3.8, 4) is 5.75 Å². The summed E-state index contributed by atoms with van der Waals surface area (Å²) in [5, 5.41) is 4.06. The molecule has 0 aromatic heterocycles. The molecule has 2 aromatic carbocycles. The maximum Gasteiger partial charge on any atom is 0.387 e. The average molecular weight is 332 g/mol. The Bertz CT molecular complexity index is 622. The van der Waals surface area contributed by atoms with Crippen molar-refractivity contribution >= 4 is 23.2 Å². The van der Waals surface area contributed by atoms with E-state index < -0.39 is 12.7 Å². The Kier molecular flexibility index (Phi) is 5.39. The molecule has 0 saturated heterocycles. The first-order valence-electron chi connectivity index (χ1n) is 6.19. The van der Waals surface area contributed by atoms with Crippen molar-refractivity contribution in [3.05, 3.63) is 63.6 Å². The fourth-order valence-electron chi connectivity index (χ4n) is 2.14. The minimum Gasteiger partial charge on any atom is -0.434 e. The number of halogens is 4. The molecule has 6 heteroatoms. The molecule has 0 heterocycles. The van der Waals surface area contributed by atoms with Crippen LogP contribution in [0.3, 0.4) is 0 Å². The lowest BCUT2D eigenvalue weighted by Crippen LogP contribution is -2.19. The van der Waals surface area contributed by atoms with Crippen molar-refractivity contribution in [2.24, 2.45) is 0 Å². The molecule has 1 N–H and O–H groups in total. The van der Waals surface area contributed by atoms with Crippen molar-refractivity contribution < 1.29 is 13.5 Å². The summed E-state index contributed by atoms with van der Waals surface area (Å²) in [5.74, 6) is 0.0999. The van der Waals surface area contributed by atoms with E-state index in [1.807, 2.05) is 0 Å². The molecule has 0 amide bonds. The zero-order chi connectivity index (χ0) is 15.4. The Morgan fingerprint density at radius 1 is 1.05 bits per heavy atom. The molecule has 21 heavy (non-hydrogen) atoms. The molecule has 0 aliphatic carbocycles. The van der Waals surface area contributed by atoms with Crippen LogP contribution in [0.5, 0.6) is 5.75 Å². The van der Waals surface area contributed by atoms with Crippen molar-refractivity contribution in [2.75, 3.05) is 7.05 Å². The monoisotopic (exact) mass is 331 g/mol. The number of para-hydroxylation sites is 1. The lowest BCUT2D eigenvalue weighted by Gasteiger charge is -2.21. The van der Waals surface area contributed by atoms with E-state index in [0.717, 1.165) is 0 Å². The molecule has 2 rings (SSSR count). The Hall–Kier alpha value is -1.36. The van der Waals surface area contributed by atoms with E-state index in [1.165, 1.54) is 6.07 Å². The summed E-state index contributed by atoms with van der Waals surface area (Å²) in [6.45, 7) is -2.89. The van der Waals surface area contributed by atoms with Crippen LogP contribution in [0.15, 0.2) is 42.5 Å². The van der Waals surface area contributed by atoms with Gasteiger partial charge in [-0.25, -0.2) is 0 Å². The van der Waals surface area contributed by atoms with Crippen molar-refractivity contribution in [2.45, 2.75) is 12.7 Å². The van der Waals surface area contributed by atoms with Crippen molar-refractivity contribution in [3.63, 3.8) is 0 Å². The largest absolute Gasteiger partial charge is 0.434 e. The molecule has 0 radical (unpaired) electrons. The highest BCUT2D eigenvalue weighted by Crippen LogP contribution is 2.35. The van der Waals surface area contributed by atoms with E-state index in [-0.39, 0.29) is 5.75 Å². The van der Waals surface area contributed by atoms with Gasteiger partial charge in [0.1, 0.15) is 5.75 Å². The standard InChI is InChI=1S/C15H13Cl2F2NO/c1-20-14(11-8-9(16)6-7-12(11)17)10-4-2-3-5-13(10)21-15(18)19/h2-8,14-15,20H,1H3. The van der Waals surface area contributed by atoms with Crippen LogP contribution in [0.4, 0.5) is 8.78 Å². The number of benzene rings is 2. The predicted octanol–water partition coefficient (Wildman–Crippen LogP) is 4.90. The molecule has 0 aliphatic rings. The van der Waals surface area contributed by atoms with Crippen LogP contribution >= 0.6 is 23.2 Å². The van der Waals surface area contributed by atoms with E-state index >= 15 is 0 Å². The molecular formula is C15H13Cl2F2NO. The summed E-state index contributed by atoms with van der Waals surface area (Å²) in [5.41, 5.74) is 1.25. The lowest BCUT2D eigenvalue weighted by molar-refractivity contribution is -0.0506. The highest BCUT2D eigenvalue weighted by Gasteiger charge is 2.20. The molecule has 1 unspecified atom stereocenters. The minimum absolute atomic E-state index is 0.0999. The van der Waals surface area contributed by atoms with Crippen LogP contribution in [0, 0.1) is 0 Å². The Balaban J connectivity index is 2.49. The van der Waals surface area contributed by atoms with Crippen LogP contribution in [0.2, 0.25) is 10.0 Å². The average Bonchev–Trinajstić information content (AvgIpc) is 2.44. The zero-order valence-corrected chi connectivity index (χ0v) is 12.6. The van der Waals surface area contributed by atoms with Crippen molar-refractivity contribution in [1.29, 1.82) is 0 Å². The first-order valence-corrected chi connectivity index (χ1v) is 6.94. The van der Waals surface area contributed by atoms with Gasteiger partial charge in [-0.3, -0.25) is 0 Å². The van der Waals surface area contributed by atoms with Crippen LogP contribution in [-0.2, 0) is 0 Å². The highest BCUT2D eigenvalue weighted by molar-refractivity contribution is 6.33. The van der Waals surface area contributed by atoms with E-state index in [2.05, 4.69) is 10.1 Å². The maximum atomic E-state index is 12.5. The van der Waals surface area contributed by atoms with Gasteiger partial charge in [0.2, 0.25) is 0 Å². The van der Waals surface area contributed by atoms with Crippen LogP contribution < -0.4 is 10.1 Å². The molecule has 0 saturated carbocycles. The smallest absolute Gasteiger partial charge is 0.387 e. The molecule has 0 fully saturated rings. The number of hydrogen-bond donors (Lipinski definition) is 1. The summed E-state index contributed by atoms with van der Waals surface area (Å²) >= 11 is 12.2. The van der Waals surface area contributed by atoms with Crippen molar-refractivity contribution in [1.82, 2.24) is 5.32 Å². The summed E-state index contributed by atoms with van der Waals surface area (Å²) in [4.78, 5) is 0. The quantitative estimate of drug-likeness (QED) is 0.840. The molecule has 0 aliphatic heterocycles.